The highest BCUT2D eigenvalue weighted by Crippen LogP contribution is 2.42. The fourth-order valence-electron chi connectivity index (χ4n) is 5.83. The first-order chi connectivity index (χ1) is 16.4. The Bertz CT molecular complexity index is 1870. The average molecular weight is 438 g/mol. The number of hydrogen-bond donors (Lipinski definition) is 0. The van der Waals surface area contributed by atoms with Crippen molar-refractivity contribution >= 4 is 54.1 Å². The topological polar surface area (TPSA) is 4.93 Å². The van der Waals surface area contributed by atoms with E-state index in [1.165, 1.54) is 70.8 Å². The van der Waals surface area contributed by atoms with Gasteiger partial charge < -0.3 is 4.57 Å². The Balaban J connectivity index is 1.53. The third kappa shape index (κ3) is 2.61. The van der Waals surface area contributed by atoms with E-state index in [-0.39, 0.29) is 5.41 Å². The van der Waals surface area contributed by atoms with Crippen molar-refractivity contribution in [2.75, 3.05) is 0 Å². The lowest BCUT2D eigenvalue weighted by molar-refractivity contribution is 0.591. The number of fused-ring (bicyclic) bond motifs is 3. The van der Waals surface area contributed by atoms with Crippen molar-refractivity contribution in [3.05, 3.63) is 96.6 Å². The van der Waals surface area contributed by atoms with Gasteiger partial charge in [0, 0.05) is 28.9 Å². The number of hydrogen-bond acceptors (Lipinski definition) is 0. The van der Waals surface area contributed by atoms with E-state index in [1.54, 1.807) is 0 Å². The van der Waals surface area contributed by atoms with E-state index in [1.807, 2.05) is 0 Å². The van der Waals surface area contributed by atoms with Crippen molar-refractivity contribution in [1.29, 1.82) is 0 Å². The molecule has 0 N–H and O–H groups in total. The Morgan fingerprint density at radius 3 is 2.00 bits per heavy atom. The van der Waals surface area contributed by atoms with E-state index in [4.69, 9.17) is 0 Å². The molecule has 0 saturated heterocycles. The van der Waals surface area contributed by atoms with Gasteiger partial charge in [0.2, 0.25) is 0 Å². The quantitative estimate of drug-likeness (QED) is 0.226. The van der Waals surface area contributed by atoms with Crippen LogP contribution in [0.15, 0.2) is 91.0 Å². The Morgan fingerprint density at radius 2 is 1.21 bits per heavy atom. The molecule has 0 aliphatic carbocycles. The van der Waals surface area contributed by atoms with Crippen LogP contribution in [0.2, 0.25) is 0 Å². The maximum absolute atomic E-state index is 2.38. The molecule has 164 valence electrons. The lowest BCUT2D eigenvalue weighted by Gasteiger charge is -2.22. The van der Waals surface area contributed by atoms with Gasteiger partial charge in [0.1, 0.15) is 0 Å². The molecule has 1 heteroatoms. The minimum Gasteiger partial charge on any atom is -0.344 e. The molecule has 1 heterocycles. The molecular weight excluding hydrogens is 410 g/mol. The Kier molecular flexibility index (Phi) is 3.81. The van der Waals surface area contributed by atoms with Crippen LogP contribution < -0.4 is 0 Å². The van der Waals surface area contributed by atoms with Crippen molar-refractivity contribution in [1.82, 2.24) is 4.57 Å². The Morgan fingerprint density at radius 1 is 0.559 bits per heavy atom. The third-order valence-corrected chi connectivity index (χ3v) is 7.69. The highest BCUT2D eigenvalue weighted by atomic mass is 14.9. The second kappa shape index (κ2) is 6.61. The van der Waals surface area contributed by atoms with Gasteiger partial charge in [0.05, 0.1) is 0 Å². The monoisotopic (exact) mass is 437 g/mol. The summed E-state index contributed by atoms with van der Waals surface area (Å²) in [5.74, 6) is 0. The molecule has 0 fully saturated rings. The van der Waals surface area contributed by atoms with Crippen LogP contribution in [0.3, 0.4) is 0 Å². The smallest absolute Gasteiger partial charge is 0.0494 e. The first-order valence-corrected chi connectivity index (χ1v) is 12.1. The van der Waals surface area contributed by atoms with Gasteiger partial charge in [-0.05, 0) is 66.6 Å². The SMILES string of the molecule is Cn1c2ccccc2c2ccc(-c3ccc4ccc5cc(C(C)(C)C)cc6ccc3c4c56)cc21. The van der Waals surface area contributed by atoms with Gasteiger partial charge in [-0.1, -0.05) is 99.6 Å². The van der Waals surface area contributed by atoms with Crippen LogP contribution in [0.1, 0.15) is 26.3 Å². The summed E-state index contributed by atoms with van der Waals surface area (Å²) < 4.78 is 2.32. The average Bonchev–Trinajstić information content (AvgIpc) is 3.13. The predicted molar refractivity (Wildman–Crippen MR) is 148 cm³/mol. The van der Waals surface area contributed by atoms with Crippen LogP contribution in [-0.2, 0) is 12.5 Å². The molecule has 6 aromatic carbocycles. The van der Waals surface area contributed by atoms with Crippen molar-refractivity contribution in [2.24, 2.45) is 7.05 Å². The zero-order chi connectivity index (χ0) is 23.2. The molecule has 7 aromatic rings. The molecule has 0 atom stereocenters. The van der Waals surface area contributed by atoms with Gasteiger partial charge in [-0.3, -0.25) is 0 Å². The summed E-state index contributed by atoms with van der Waals surface area (Å²) in [5, 5.41) is 10.7. The molecule has 0 unspecified atom stereocenters. The van der Waals surface area contributed by atoms with Gasteiger partial charge in [-0.25, -0.2) is 0 Å². The second-order valence-electron chi connectivity index (χ2n) is 10.7. The summed E-state index contributed by atoms with van der Waals surface area (Å²) >= 11 is 0. The predicted octanol–water partition coefficient (Wildman–Crippen LogP) is 9.19. The van der Waals surface area contributed by atoms with Crippen molar-refractivity contribution < 1.29 is 0 Å². The first-order valence-electron chi connectivity index (χ1n) is 12.1. The minimum atomic E-state index is 0.129. The molecule has 7 rings (SSSR count). The molecule has 0 spiro atoms. The lowest BCUT2D eigenvalue weighted by atomic mass is 9.83. The highest BCUT2D eigenvalue weighted by molar-refractivity contribution is 6.25. The minimum absolute atomic E-state index is 0.129. The number of nitrogens with zero attached hydrogens (tertiary/aromatic N) is 1. The van der Waals surface area contributed by atoms with E-state index < -0.39 is 0 Å². The standard InChI is InChI=1S/C33H27N/c1-33(2,3)24-17-22-10-9-20-11-14-25(28-16-13-23(18-24)31(22)32(20)28)21-12-15-27-26-7-5-6-8-29(26)34(4)30(27)19-21/h5-19H,1-4H3. The van der Waals surface area contributed by atoms with Gasteiger partial charge in [0.25, 0.3) is 0 Å². The van der Waals surface area contributed by atoms with Crippen LogP contribution in [-0.4, -0.2) is 4.57 Å². The first kappa shape index (κ1) is 19.6. The fraction of sp³-hybridized carbons (Fsp3) is 0.152. The normalized spacial score (nSPS) is 12.7. The summed E-state index contributed by atoms with van der Waals surface area (Å²) in [6.07, 6.45) is 0. The number of rotatable bonds is 1. The number of para-hydroxylation sites is 1. The van der Waals surface area contributed by atoms with Gasteiger partial charge in [-0.15, -0.1) is 0 Å². The highest BCUT2D eigenvalue weighted by Gasteiger charge is 2.18. The molecule has 1 nitrogen and oxygen atoms in total. The summed E-state index contributed by atoms with van der Waals surface area (Å²) in [6, 6.07) is 34.2. The van der Waals surface area contributed by atoms with Crippen molar-refractivity contribution in [3.8, 4) is 11.1 Å². The van der Waals surface area contributed by atoms with Gasteiger partial charge in [-0.2, -0.15) is 0 Å². The molecule has 0 amide bonds. The Hall–Kier alpha value is -3.84. The van der Waals surface area contributed by atoms with Crippen LogP contribution in [0.5, 0.6) is 0 Å². The lowest BCUT2D eigenvalue weighted by Crippen LogP contribution is -2.10. The van der Waals surface area contributed by atoms with Crippen LogP contribution >= 0.6 is 0 Å². The zero-order valence-electron chi connectivity index (χ0n) is 20.1. The fourth-order valence-corrected chi connectivity index (χ4v) is 5.83. The van der Waals surface area contributed by atoms with Gasteiger partial charge >= 0.3 is 0 Å². The molecule has 34 heavy (non-hydrogen) atoms. The maximum Gasteiger partial charge on any atom is 0.0494 e. The van der Waals surface area contributed by atoms with E-state index in [2.05, 4.69) is 123 Å². The van der Waals surface area contributed by atoms with E-state index in [0.717, 1.165) is 0 Å². The number of aryl methyl sites for hydroxylation is 1. The molecule has 0 radical (unpaired) electrons. The zero-order valence-corrected chi connectivity index (χ0v) is 20.1. The van der Waals surface area contributed by atoms with E-state index in [0.29, 0.717) is 0 Å². The second-order valence-corrected chi connectivity index (χ2v) is 10.7. The maximum atomic E-state index is 2.38. The molecule has 0 aliphatic heterocycles. The van der Waals surface area contributed by atoms with E-state index >= 15 is 0 Å². The summed E-state index contributed by atoms with van der Waals surface area (Å²) in [7, 11) is 2.17. The molecule has 0 bridgehead atoms. The van der Waals surface area contributed by atoms with Crippen molar-refractivity contribution in [3.63, 3.8) is 0 Å². The van der Waals surface area contributed by atoms with Crippen molar-refractivity contribution in [2.45, 2.75) is 26.2 Å². The molecule has 1 aromatic heterocycles. The van der Waals surface area contributed by atoms with Gasteiger partial charge in [0.15, 0.2) is 0 Å². The molecular formula is C33H27N. The van der Waals surface area contributed by atoms with Crippen LogP contribution in [0.25, 0.3) is 65.3 Å². The molecule has 0 aliphatic rings. The summed E-state index contributed by atoms with van der Waals surface area (Å²) in [4.78, 5) is 0. The van der Waals surface area contributed by atoms with Crippen LogP contribution in [0.4, 0.5) is 0 Å². The molecule has 0 saturated carbocycles. The number of benzene rings is 6. The summed E-state index contributed by atoms with van der Waals surface area (Å²) in [5.41, 5.74) is 6.64. The Labute approximate surface area is 199 Å². The van der Waals surface area contributed by atoms with E-state index in [9.17, 15) is 0 Å². The largest absolute Gasteiger partial charge is 0.344 e. The number of aromatic nitrogens is 1. The summed E-state index contributed by atoms with van der Waals surface area (Å²) in [6.45, 7) is 6.88. The third-order valence-electron chi connectivity index (χ3n) is 7.69. The van der Waals surface area contributed by atoms with Crippen LogP contribution in [0, 0.1) is 0 Å².